The number of fused-ring (bicyclic) bond motifs is 3. The minimum atomic E-state index is -0.459. The molecule has 10 heteroatoms. The Balaban J connectivity index is 1.62. The molecule has 35 heavy (non-hydrogen) atoms. The van der Waals surface area contributed by atoms with Gasteiger partial charge in [0.1, 0.15) is 0 Å². The van der Waals surface area contributed by atoms with Gasteiger partial charge in [-0.05, 0) is 47.9 Å². The predicted octanol–water partition coefficient (Wildman–Crippen LogP) is 2.87. The van der Waals surface area contributed by atoms with Crippen molar-refractivity contribution in [1.29, 1.82) is 0 Å². The van der Waals surface area contributed by atoms with Crippen molar-refractivity contribution in [3.05, 3.63) is 52.8 Å². The standard InChI is InChI=1S/C25H25N3O7/c1-12-9-26-27-28(12)23-15-8-18-17(34-11-35-18)7-14(15)21(22-16(23)10-33-25(22)29)13-5-19(30-2)24(32-4)20(6-13)31-3/h5-9,16,21-23H,10-11H2,1-4H3/t16-,21+,22-,23+/m0/s1. The van der Waals surface area contributed by atoms with Crippen molar-refractivity contribution in [2.75, 3.05) is 34.7 Å². The van der Waals surface area contributed by atoms with Crippen LogP contribution in [0, 0.1) is 18.8 Å². The van der Waals surface area contributed by atoms with E-state index in [1.807, 2.05) is 35.9 Å². The average molecular weight is 479 g/mol. The van der Waals surface area contributed by atoms with E-state index in [1.165, 1.54) is 0 Å². The minimum absolute atomic E-state index is 0.148. The van der Waals surface area contributed by atoms with Crippen molar-refractivity contribution < 1.29 is 33.2 Å². The van der Waals surface area contributed by atoms with Crippen molar-refractivity contribution in [2.24, 2.45) is 11.8 Å². The van der Waals surface area contributed by atoms with E-state index in [-0.39, 0.29) is 37.2 Å². The Kier molecular flexibility index (Phi) is 4.98. The molecule has 0 N–H and O–H groups in total. The van der Waals surface area contributed by atoms with E-state index in [9.17, 15) is 4.79 Å². The third-order valence-corrected chi connectivity index (χ3v) is 7.21. The highest BCUT2D eigenvalue weighted by Gasteiger charge is 2.53. The van der Waals surface area contributed by atoms with Crippen LogP contribution in [0.4, 0.5) is 0 Å². The Morgan fingerprint density at radius 3 is 2.23 bits per heavy atom. The summed E-state index contributed by atoms with van der Waals surface area (Å²) in [4.78, 5) is 13.3. The average Bonchev–Trinajstić information content (AvgIpc) is 3.60. The number of carbonyl (C=O) groups is 1. The van der Waals surface area contributed by atoms with Crippen LogP contribution < -0.4 is 23.7 Å². The fourth-order valence-electron chi connectivity index (χ4n) is 5.70. The zero-order chi connectivity index (χ0) is 24.3. The highest BCUT2D eigenvalue weighted by Crippen LogP contribution is 2.56. The second-order valence-corrected chi connectivity index (χ2v) is 8.86. The van der Waals surface area contributed by atoms with Crippen LogP contribution in [0.15, 0.2) is 30.5 Å². The molecular weight excluding hydrogens is 454 g/mol. The van der Waals surface area contributed by atoms with Gasteiger partial charge in [-0.15, -0.1) is 5.10 Å². The first-order valence-corrected chi connectivity index (χ1v) is 11.3. The highest BCUT2D eigenvalue weighted by atomic mass is 16.7. The van der Waals surface area contributed by atoms with Gasteiger partial charge in [0, 0.05) is 11.8 Å². The van der Waals surface area contributed by atoms with Crippen LogP contribution in [0.2, 0.25) is 0 Å². The summed E-state index contributed by atoms with van der Waals surface area (Å²) in [5.41, 5.74) is 3.66. The minimum Gasteiger partial charge on any atom is -0.493 e. The molecule has 0 radical (unpaired) electrons. The van der Waals surface area contributed by atoms with E-state index in [4.69, 9.17) is 28.4 Å². The van der Waals surface area contributed by atoms with Gasteiger partial charge in [-0.2, -0.15) is 0 Å². The number of hydrogen-bond acceptors (Lipinski definition) is 9. The van der Waals surface area contributed by atoms with Gasteiger partial charge in [-0.1, -0.05) is 5.21 Å². The molecule has 1 fully saturated rings. The lowest BCUT2D eigenvalue weighted by molar-refractivity contribution is -0.141. The summed E-state index contributed by atoms with van der Waals surface area (Å²) in [6, 6.07) is 7.49. The number of ether oxygens (including phenoxy) is 6. The maximum Gasteiger partial charge on any atom is 0.310 e. The maximum atomic E-state index is 13.3. The van der Waals surface area contributed by atoms with Crippen LogP contribution in [0.1, 0.15) is 34.3 Å². The quantitative estimate of drug-likeness (QED) is 0.511. The Bertz CT molecular complexity index is 1300. The number of rotatable bonds is 5. The fourth-order valence-corrected chi connectivity index (χ4v) is 5.70. The Morgan fingerprint density at radius 2 is 1.63 bits per heavy atom. The molecule has 6 rings (SSSR count). The second kappa shape index (κ2) is 8.07. The zero-order valence-corrected chi connectivity index (χ0v) is 19.8. The third kappa shape index (κ3) is 3.12. The molecule has 0 spiro atoms. The van der Waals surface area contributed by atoms with Crippen LogP contribution in [-0.2, 0) is 9.53 Å². The molecule has 2 aromatic carbocycles. The van der Waals surface area contributed by atoms with Crippen LogP contribution in [0.3, 0.4) is 0 Å². The van der Waals surface area contributed by atoms with Gasteiger partial charge in [0.15, 0.2) is 23.0 Å². The highest BCUT2D eigenvalue weighted by molar-refractivity contribution is 5.79. The number of aromatic nitrogens is 3. The lowest BCUT2D eigenvalue weighted by Gasteiger charge is -2.39. The molecule has 0 unspecified atom stereocenters. The van der Waals surface area contributed by atoms with Crippen molar-refractivity contribution in [1.82, 2.24) is 15.0 Å². The number of methoxy groups -OCH3 is 3. The van der Waals surface area contributed by atoms with Crippen LogP contribution in [-0.4, -0.2) is 55.7 Å². The smallest absolute Gasteiger partial charge is 0.310 e. The summed E-state index contributed by atoms with van der Waals surface area (Å²) < 4.78 is 35.7. The molecule has 182 valence electrons. The molecule has 3 aromatic rings. The molecule has 3 aliphatic rings. The number of nitrogens with zero attached hydrogens (tertiary/aromatic N) is 3. The van der Waals surface area contributed by atoms with Crippen molar-refractivity contribution >= 4 is 5.97 Å². The molecule has 1 saturated heterocycles. The molecule has 4 atom stereocenters. The lowest BCUT2D eigenvalue weighted by atomic mass is 9.65. The maximum absolute atomic E-state index is 13.3. The first-order valence-electron chi connectivity index (χ1n) is 11.3. The predicted molar refractivity (Wildman–Crippen MR) is 121 cm³/mol. The van der Waals surface area contributed by atoms with Crippen molar-refractivity contribution in [3.8, 4) is 28.7 Å². The molecular formula is C25H25N3O7. The fraction of sp³-hybridized carbons (Fsp3) is 0.400. The third-order valence-electron chi connectivity index (χ3n) is 7.21. The summed E-state index contributed by atoms with van der Waals surface area (Å²) >= 11 is 0. The number of esters is 1. The van der Waals surface area contributed by atoms with E-state index in [0.717, 1.165) is 22.4 Å². The molecule has 1 aromatic heterocycles. The van der Waals surface area contributed by atoms with E-state index in [1.54, 1.807) is 27.5 Å². The van der Waals surface area contributed by atoms with Crippen molar-refractivity contribution in [2.45, 2.75) is 18.9 Å². The number of carbonyl (C=O) groups excluding carboxylic acids is 1. The number of aryl methyl sites for hydroxylation is 1. The van der Waals surface area contributed by atoms with Gasteiger partial charge in [-0.25, -0.2) is 4.68 Å². The summed E-state index contributed by atoms with van der Waals surface area (Å²) in [5.74, 6) is 1.61. The largest absolute Gasteiger partial charge is 0.493 e. The first-order chi connectivity index (χ1) is 17.0. The molecule has 0 amide bonds. The first kappa shape index (κ1) is 21.6. The topological polar surface area (TPSA) is 103 Å². The molecule has 0 saturated carbocycles. The monoisotopic (exact) mass is 479 g/mol. The van der Waals surface area contributed by atoms with Gasteiger partial charge >= 0.3 is 5.97 Å². The van der Waals surface area contributed by atoms with Gasteiger partial charge in [0.25, 0.3) is 0 Å². The van der Waals surface area contributed by atoms with Gasteiger partial charge < -0.3 is 28.4 Å². The summed E-state index contributed by atoms with van der Waals surface area (Å²) in [6.07, 6.45) is 1.71. The molecule has 10 nitrogen and oxygen atoms in total. The van der Waals surface area contributed by atoms with Gasteiger partial charge in [-0.3, -0.25) is 4.79 Å². The molecule has 3 heterocycles. The van der Waals surface area contributed by atoms with Gasteiger partial charge in [0.05, 0.1) is 51.8 Å². The number of cyclic esters (lactones) is 1. The van der Waals surface area contributed by atoms with Crippen LogP contribution >= 0.6 is 0 Å². The van der Waals surface area contributed by atoms with Crippen molar-refractivity contribution in [3.63, 3.8) is 0 Å². The Hall–Kier alpha value is -3.95. The zero-order valence-electron chi connectivity index (χ0n) is 19.8. The van der Waals surface area contributed by atoms with Gasteiger partial charge in [0.2, 0.25) is 12.5 Å². The Morgan fingerprint density at radius 1 is 0.943 bits per heavy atom. The van der Waals surface area contributed by atoms with Crippen LogP contribution in [0.25, 0.3) is 0 Å². The molecule has 0 bridgehead atoms. The summed E-state index contributed by atoms with van der Waals surface area (Å²) in [7, 11) is 4.71. The number of hydrogen-bond donors (Lipinski definition) is 0. The second-order valence-electron chi connectivity index (χ2n) is 8.86. The van der Waals surface area contributed by atoms with E-state index in [2.05, 4.69) is 10.3 Å². The molecule has 1 aliphatic carbocycles. The van der Waals surface area contributed by atoms with E-state index >= 15 is 0 Å². The van der Waals surface area contributed by atoms with Crippen LogP contribution in [0.5, 0.6) is 28.7 Å². The molecule has 2 aliphatic heterocycles. The SMILES string of the molecule is COc1cc([C@@H]2c3cc4c(cc3[C@@H](n3nncc3C)[C@H]3COC(=O)[C@H]23)OCO4)cc(OC)c1OC. The van der Waals surface area contributed by atoms with E-state index < -0.39 is 5.92 Å². The number of benzene rings is 2. The normalized spacial score (nSPS) is 23.9. The van der Waals surface area contributed by atoms with E-state index in [0.29, 0.717) is 28.7 Å². The summed E-state index contributed by atoms with van der Waals surface area (Å²) in [5, 5.41) is 8.47. The Labute approximate surface area is 201 Å². The lowest BCUT2D eigenvalue weighted by Crippen LogP contribution is -2.38. The summed E-state index contributed by atoms with van der Waals surface area (Å²) in [6.45, 7) is 2.38.